The Kier molecular flexibility index (Phi) is 2.93. The van der Waals surface area contributed by atoms with Gasteiger partial charge in [0.25, 0.3) is 0 Å². The molecular formula is C19H23N3O. The van der Waals surface area contributed by atoms with E-state index in [9.17, 15) is 0 Å². The number of fused-ring (bicyclic) bond motifs is 1. The molecule has 2 atom stereocenters. The summed E-state index contributed by atoms with van der Waals surface area (Å²) in [7, 11) is 0. The van der Waals surface area contributed by atoms with E-state index in [1.165, 1.54) is 12.8 Å². The van der Waals surface area contributed by atoms with E-state index in [-0.39, 0.29) is 11.0 Å². The molecule has 1 aromatic heterocycles. The van der Waals surface area contributed by atoms with E-state index in [0.717, 1.165) is 30.6 Å². The SMILES string of the molecule is CC1(C)C[C@](C)(Cn2cnc3ccc(C#N)cc32)C[C@@]2(CO2)C1. The first-order chi connectivity index (χ1) is 10.8. The summed E-state index contributed by atoms with van der Waals surface area (Å²) in [6, 6.07) is 7.94. The monoisotopic (exact) mass is 309 g/mol. The molecule has 0 radical (unpaired) electrons. The van der Waals surface area contributed by atoms with Crippen LogP contribution >= 0.6 is 0 Å². The Morgan fingerprint density at radius 2 is 2.04 bits per heavy atom. The van der Waals surface area contributed by atoms with Gasteiger partial charge in [-0.2, -0.15) is 5.26 Å². The number of ether oxygens (including phenoxy) is 1. The van der Waals surface area contributed by atoms with E-state index < -0.39 is 0 Å². The van der Waals surface area contributed by atoms with E-state index in [1.54, 1.807) is 0 Å². The minimum absolute atomic E-state index is 0.116. The first-order valence-corrected chi connectivity index (χ1v) is 8.31. The van der Waals surface area contributed by atoms with Gasteiger partial charge >= 0.3 is 0 Å². The lowest BCUT2D eigenvalue weighted by Crippen LogP contribution is -2.42. The molecule has 2 aliphatic rings. The quantitative estimate of drug-likeness (QED) is 0.791. The molecule has 4 heteroatoms. The fraction of sp³-hybridized carbons (Fsp3) is 0.579. The lowest BCUT2D eigenvalue weighted by atomic mass is 9.60. The van der Waals surface area contributed by atoms with Crippen LogP contribution in [0.15, 0.2) is 24.5 Å². The highest BCUT2D eigenvalue weighted by molar-refractivity contribution is 5.77. The highest BCUT2D eigenvalue weighted by atomic mass is 16.6. The first kappa shape index (κ1) is 14.7. The van der Waals surface area contributed by atoms with Gasteiger partial charge in [-0.05, 0) is 48.3 Å². The molecule has 1 aromatic carbocycles. The van der Waals surface area contributed by atoms with Crippen molar-refractivity contribution in [2.45, 2.75) is 52.2 Å². The van der Waals surface area contributed by atoms with Crippen LogP contribution in [0.25, 0.3) is 11.0 Å². The van der Waals surface area contributed by atoms with Crippen molar-refractivity contribution in [2.24, 2.45) is 10.8 Å². The van der Waals surface area contributed by atoms with Gasteiger partial charge < -0.3 is 9.30 Å². The maximum absolute atomic E-state index is 9.15. The molecule has 2 heterocycles. The molecule has 4 rings (SSSR count). The molecule has 1 saturated heterocycles. The Morgan fingerprint density at radius 3 is 2.74 bits per heavy atom. The topological polar surface area (TPSA) is 54.1 Å². The molecule has 2 fully saturated rings. The van der Waals surface area contributed by atoms with E-state index in [4.69, 9.17) is 10.00 Å². The third kappa shape index (κ3) is 2.64. The maximum atomic E-state index is 9.15. The minimum atomic E-state index is 0.116. The van der Waals surface area contributed by atoms with Crippen LogP contribution < -0.4 is 0 Å². The summed E-state index contributed by atoms with van der Waals surface area (Å²) in [5.41, 5.74) is 3.31. The Labute approximate surface area is 137 Å². The molecule has 1 aliphatic heterocycles. The van der Waals surface area contributed by atoms with Crippen LogP contribution in [-0.4, -0.2) is 21.8 Å². The van der Waals surface area contributed by atoms with Crippen molar-refractivity contribution in [3.63, 3.8) is 0 Å². The van der Waals surface area contributed by atoms with Crippen molar-refractivity contribution in [1.29, 1.82) is 5.26 Å². The summed E-state index contributed by atoms with van der Waals surface area (Å²) in [5.74, 6) is 0. The van der Waals surface area contributed by atoms with Crippen molar-refractivity contribution >= 4 is 11.0 Å². The van der Waals surface area contributed by atoms with Crippen molar-refractivity contribution < 1.29 is 4.74 Å². The van der Waals surface area contributed by atoms with Crippen LogP contribution in [0.3, 0.4) is 0 Å². The standard InChI is InChI=1S/C19H23N3O/c1-17(2)8-18(3,10-19(9-17)12-23-19)11-22-13-21-15-5-4-14(7-20)6-16(15)22/h4-6,13H,8-12H2,1-3H3/t18-,19+/m0/s1. The number of hydrogen-bond acceptors (Lipinski definition) is 3. The fourth-order valence-corrected chi connectivity index (χ4v) is 5.07. The number of nitrogens with zero attached hydrogens (tertiary/aromatic N) is 3. The predicted molar refractivity (Wildman–Crippen MR) is 88.9 cm³/mol. The molecule has 1 saturated carbocycles. The zero-order chi connectivity index (χ0) is 16.3. The summed E-state index contributed by atoms with van der Waals surface area (Å²) in [6.45, 7) is 8.92. The lowest BCUT2D eigenvalue weighted by Gasteiger charge is -2.46. The highest BCUT2D eigenvalue weighted by Gasteiger charge is 2.56. The van der Waals surface area contributed by atoms with Gasteiger partial charge in [0.05, 0.1) is 41.2 Å². The van der Waals surface area contributed by atoms with E-state index in [0.29, 0.717) is 11.0 Å². The number of benzene rings is 1. The average molecular weight is 309 g/mol. The fourth-order valence-electron chi connectivity index (χ4n) is 5.07. The molecule has 1 spiro atoms. The highest BCUT2D eigenvalue weighted by Crippen LogP contribution is 2.57. The van der Waals surface area contributed by atoms with Gasteiger partial charge in [-0.1, -0.05) is 20.8 Å². The van der Waals surface area contributed by atoms with E-state index in [1.807, 2.05) is 24.5 Å². The lowest BCUT2D eigenvalue weighted by molar-refractivity contribution is 0.0217. The Hall–Kier alpha value is -1.86. The summed E-state index contributed by atoms with van der Waals surface area (Å²) < 4.78 is 8.06. The van der Waals surface area contributed by atoms with Crippen molar-refractivity contribution in [1.82, 2.24) is 9.55 Å². The molecule has 2 aromatic rings. The van der Waals surface area contributed by atoms with Gasteiger partial charge in [0.15, 0.2) is 0 Å². The van der Waals surface area contributed by atoms with Gasteiger partial charge in [0.1, 0.15) is 0 Å². The molecular weight excluding hydrogens is 286 g/mol. The molecule has 4 nitrogen and oxygen atoms in total. The van der Waals surface area contributed by atoms with Crippen LogP contribution in [0, 0.1) is 22.2 Å². The largest absolute Gasteiger partial charge is 0.370 e. The summed E-state index contributed by atoms with van der Waals surface area (Å²) in [5, 5.41) is 9.15. The smallest absolute Gasteiger partial charge is 0.0992 e. The third-order valence-electron chi connectivity index (χ3n) is 5.31. The van der Waals surface area contributed by atoms with Crippen molar-refractivity contribution in [3.05, 3.63) is 30.1 Å². The number of imidazole rings is 1. The second-order valence-electron chi connectivity index (χ2n) is 8.66. The maximum Gasteiger partial charge on any atom is 0.0992 e. The number of hydrogen-bond donors (Lipinski definition) is 0. The Balaban J connectivity index is 1.68. The van der Waals surface area contributed by atoms with Gasteiger partial charge in [-0.15, -0.1) is 0 Å². The Bertz CT molecular complexity index is 802. The molecule has 0 bridgehead atoms. The van der Waals surface area contributed by atoms with Crippen molar-refractivity contribution in [2.75, 3.05) is 6.61 Å². The normalized spacial score (nSPS) is 32.1. The predicted octanol–water partition coefficient (Wildman–Crippen LogP) is 3.89. The van der Waals surface area contributed by atoms with Crippen LogP contribution in [0.2, 0.25) is 0 Å². The minimum Gasteiger partial charge on any atom is -0.370 e. The molecule has 120 valence electrons. The molecule has 0 unspecified atom stereocenters. The second kappa shape index (κ2) is 4.58. The zero-order valence-corrected chi connectivity index (χ0v) is 14.1. The van der Waals surface area contributed by atoms with Crippen LogP contribution in [0.5, 0.6) is 0 Å². The summed E-state index contributed by atoms with van der Waals surface area (Å²) in [4.78, 5) is 4.50. The van der Waals surface area contributed by atoms with Gasteiger partial charge in [-0.25, -0.2) is 4.98 Å². The molecule has 1 aliphatic carbocycles. The van der Waals surface area contributed by atoms with E-state index >= 15 is 0 Å². The van der Waals surface area contributed by atoms with Gasteiger partial charge in [-0.3, -0.25) is 0 Å². The summed E-state index contributed by atoms with van der Waals surface area (Å²) >= 11 is 0. The Morgan fingerprint density at radius 1 is 1.26 bits per heavy atom. The van der Waals surface area contributed by atoms with E-state index in [2.05, 4.69) is 36.4 Å². The first-order valence-electron chi connectivity index (χ1n) is 8.31. The molecule has 0 N–H and O–H groups in total. The molecule has 0 amide bonds. The third-order valence-corrected chi connectivity index (χ3v) is 5.31. The second-order valence-corrected chi connectivity index (χ2v) is 8.66. The van der Waals surface area contributed by atoms with Crippen LogP contribution in [0.1, 0.15) is 45.6 Å². The number of aromatic nitrogens is 2. The zero-order valence-electron chi connectivity index (χ0n) is 14.1. The number of epoxide rings is 1. The summed E-state index contributed by atoms with van der Waals surface area (Å²) in [6.07, 6.45) is 5.38. The molecule has 23 heavy (non-hydrogen) atoms. The van der Waals surface area contributed by atoms with Gasteiger partial charge in [0, 0.05) is 6.54 Å². The number of rotatable bonds is 2. The number of nitriles is 1. The van der Waals surface area contributed by atoms with Crippen LogP contribution in [-0.2, 0) is 11.3 Å². The van der Waals surface area contributed by atoms with Crippen molar-refractivity contribution in [3.8, 4) is 6.07 Å². The average Bonchev–Trinajstić information content (AvgIpc) is 3.05. The van der Waals surface area contributed by atoms with Gasteiger partial charge in [0.2, 0.25) is 0 Å². The van der Waals surface area contributed by atoms with Crippen LogP contribution in [0.4, 0.5) is 0 Å².